The minimum absolute atomic E-state index is 0.00246. The van der Waals surface area contributed by atoms with E-state index >= 15 is 0 Å². The molecule has 0 aliphatic heterocycles. The lowest BCUT2D eigenvalue weighted by atomic mass is 9.82. The maximum Gasteiger partial charge on any atom is 0.243 e. The van der Waals surface area contributed by atoms with Crippen molar-refractivity contribution in [3.63, 3.8) is 0 Å². The van der Waals surface area contributed by atoms with Crippen molar-refractivity contribution in [2.75, 3.05) is 37.4 Å². The average Bonchev–Trinajstić information content (AvgIpc) is 3.02. The second-order valence-electron chi connectivity index (χ2n) is 13.0. The summed E-state index contributed by atoms with van der Waals surface area (Å²) >= 11 is 0. The molecular weight excluding hydrogens is 630 g/mol. The first-order valence-electron chi connectivity index (χ1n) is 15.6. The summed E-state index contributed by atoms with van der Waals surface area (Å²) in [5, 5.41) is 22.4. The molecule has 10 nitrogen and oxygen atoms in total. The Bertz CT molecular complexity index is 2030. The summed E-state index contributed by atoms with van der Waals surface area (Å²) < 4.78 is 35.0. The number of aliphatic hydroxyl groups excluding tert-OH is 2. The smallest absolute Gasteiger partial charge is 0.243 e. The Hall–Kier alpha value is -4.55. The molecular formula is C37H41N3O7S. The molecule has 11 heteroatoms. The Morgan fingerprint density at radius 2 is 1.40 bits per heavy atom. The van der Waals surface area contributed by atoms with Crippen LogP contribution in [0.25, 0.3) is 0 Å². The molecule has 0 aromatic heterocycles. The molecule has 252 valence electrons. The van der Waals surface area contributed by atoms with Crippen molar-refractivity contribution >= 4 is 38.7 Å². The molecule has 1 aliphatic carbocycles. The molecule has 48 heavy (non-hydrogen) atoms. The molecule has 0 fully saturated rings. The van der Waals surface area contributed by atoms with Crippen molar-refractivity contribution in [1.82, 2.24) is 4.31 Å². The van der Waals surface area contributed by atoms with Gasteiger partial charge in [0.05, 0.1) is 40.6 Å². The van der Waals surface area contributed by atoms with E-state index in [9.17, 15) is 28.2 Å². The summed E-state index contributed by atoms with van der Waals surface area (Å²) in [6.07, 6.45) is 0. The molecule has 5 rings (SSSR count). The van der Waals surface area contributed by atoms with Gasteiger partial charge in [0.1, 0.15) is 5.75 Å². The third kappa shape index (κ3) is 6.22. The van der Waals surface area contributed by atoms with Crippen LogP contribution in [-0.2, 0) is 15.4 Å². The topological polar surface area (TPSA) is 159 Å². The molecule has 0 heterocycles. The maximum atomic E-state index is 14.1. The number of ketones is 2. The fourth-order valence-corrected chi connectivity index (χ4v) is 8.08. The van der Waals surface area contributed by atoms with Crippen LogP contribution in [0.15, 0.2) is 65.6 Å². The van der Waals surface area contributed by atoms with Crippen LogP contribution in [0.2, 0.25) is 0 Å². The molecule has 0 saturated carbocycles. The Morgan fingerprint density at radius 1 is 0.833 bits per heavy atom. The number of benzene rings is 4. The molecule has 4 aromatic carbocycles. The summed E-state index contributed by atoms with van der Waals surface area (Å²) in [4.78, 5) is 28.0. The first-order valence-corrected chi connectivity index (χ1v) is 17.1. The van der Waals surface area contributed by atoms with Crippen LogP contribution in [-0.4, -0.2) is 60.8 Å². The van der Waals surface area contributed by atoms with Crippen LogP contribution in [0.4, 0.5) is 17.1 Å². The minimum Gasteiger partial charge on any atom is -0.455 e. The van der Waals surface area contributed by atoms with Gasteiger partial charge in [-0.15, -0.1) is 0 Å². The Morgan fingerprint density at radius 3 is 1.94 bits per heavy atom. The molecule has 5 N–H and O–H groups in total. The Labute approximate surface area is 281 Å². The number of hydrogen-bond acceptors (Lipinski definition) is 9. The number of rotatable bonds is 10. The summed E-state index contributed by atoms with van der Waals surface area (Å²) in [5.74, 6) is -0.228. The van der Waals surface area contributed by atoms with Crippen LogP contribution >= 0.6 is 0 Å². The van der Waals surface area contributed by atoms with Gasteiger partial charge in [-0.05, 0) is 60.6 Å². The lowest BCUT2D eigenvalue weighted by Gasteiger charge is -2.27. The van der Waals surface area contributed by atoms with E-state index in [1.54, 1.807) is 57.2 Å². The predicted molar refractivity (Wildman–Crippen MR) is 186 cm³/mol. The van der Waals surface area contributed by atoms with Gasteiger partial charge in [0.25, 0.3) is 0 Å². The molecule has 0 radical (unpaired) electrons. The normalized spacial score (nSPS) is 13.0. The number of nitrogens with zero attached hydrogens (tertiary/aromatic N) is 1. The summed E-state index contributed by atoms with van der Waals surface area (Å²) in [6, 6.07) is 17.3. The monoisotopic (exact) mass is 671 g/mol. The van der Waals surface area contributed by atoms with Gasteiger partial charge < -0.3 is 26.0 Å². The van der Waals surface area contributed by atoms with E-state index in [4.69, 9.17) is 10.5 Å². The molecule has 0 atom stereocenters. The van der Waals surface area contributed by atoms with E-state index in [1.165, 1.54) is 0 Å². The first kappa shape index (κ1) is 34.8. The van der Waals surface area contributed by atoms with Crippen molar-refractivity contribution in [3.8, 4) is 11.5 Å². The summed E-state index contributed by atoms with van der Waals surface area (Å²) in [6.45, 7) is 10.2. The zero-order valence-corrected chi connectivity index (χ0v) is 28.8. The number of carbonyl (C=O) groups excluding carboxylic acids is 2. The van der Waals surface area contributed by atoms with E-state index in [0.717, 1.165) is 9.87 Å². The number of ether oxygens (including phenoxy) is 1. The maximum absolute atomic E-state index is 14.1. The summed E-state index contributed by atoms with van der Waals surface area (Å²) in [5.41, 5.74) is 10.3. The second-order valence-corrected chi connectivity index (χ2v) is 14.9. The number of aryl methyl sites for hydroxylation is 2. The van der Waals surface area contributed by atoms with E-state index in [1.807, 2.05) is 24.3 Å². The molecule has 0 amide bonds. The largest absolute Gasteiger partial charge is 0.455 e. The molecule has 0 spiro atoms. The first-order chi connectivity index (χ1) is 22.6. The highest BCUT2D eigenvalue weighted by molar-refractivity contribution is 7.89. The predicted octanol–water partition coefficient (Wildman–Crippen LogP) is 5.78. The Kier molecular flexibility index (Phi) is 9.53. The number of sulfonamides is 1. The highest BCUT2D eigenvalue weighted by atomic mass is 32.2. The van der Waals surface area contributed by atoms with Crippen molar-refractivity contribution < 1.29 is 33.0 Å². The lowest BCUT2D eigenvalue weighted by molar-refractivity contribution is 0.0980. The van der Waals surface area contributed by atoms with Crippen molar-refractivity contribution in [2.24, 2.45) is 0 Å². The van der Waals surface area contributed by atoms with E-state index in [2.05, 4.69) is 26.1 Å². The van der Waals surface area contributed by atoms with Crippen molar-refractivity contribution in [2.45, 2.75) is 51.9 Å². The highest BCUT2D eigenvalue weighted by Crippen LogP contribution is 2.44. The molecule has 0 saturated heterocycles. The van der Waals surface area contributed by atoms with Crippen LogP contribution in [0, 0.1) is 20.8 Å². The summed E-state index contributed by atoms with van der Waals surface area (Å²) in [7, 11) is -4.16. The van der Waals surface area contributed by atoms with E-state index in [-0.39, 0.29) is 62.8 Å². The molecule has 0 bridgehead atoms. The third-order valence-corrected chi connectivity index (χ3v) is 10.8. The quantitative estimate of drug-likeness (QED) is 0.135. The lowest BCUT2D eigenvalue weighted by Crippen LogP contribution is -2.36. The van der Waals surface area contributed by atoms with Gasteiger partial charge in [0.15, 0.2) is 17.3 Å². The van der Waals surface area contributed by atoms with Gasteiger partial charge in [0, 0.05) is 36.0 Å². The zero-order chi connectivity index (χ0) is 35.1. The number of anilines is 3. The van der Waals surface area contributed by atoms with Crippen LogP contribution < -0.4 is 15.8 Å². The van der Waals surface area contributed by atoms with Gasteiger partial charge in [-0.2, -0.15) is 4.31 Å². The van der Waals surface area contributed by atoms with Crippen LogP contribution in [0.3, 0.4) is 0 Å². The number of fused-ring (bicyclic) bond motifs is 2. The van der Waals surface area contributed by atoms with E-state index in [0.29, 0.717) is 28.1 Å². The van der Waals surface area contributed by atoms with E-state index < -0.39 is 34.8 Å². The van der Waals surface area contributed by atoms with Crippen LogP contribution in [0.5, 0.6) is 11.5 Å². The molecule has 1 aliphatic rings. The van der Waals surface area contributed by atoms with Gasteiger partial charge in [-0.25, -0.2) is 8.42 Å². The highest BCUT2D eigenvalue weighted by Gasteiger charge is 2.36. The standard InChI is InChI=1S/C37H41N3O7S/c1-21-19-22(2)36(48(45,46)40(15-17-41)16-18-42)23(3)33(21)39-28-20-29(47-25-13-11-24(12-14-25)37(4,5)6)32(38)31-30(28)34(43)26-9-7-8-10-27(26)35(31)44/h7-14,19-20,39,41-42H,15-18,38H2,1-6H3. The fourth-order valence-electron chi connectivity index (χ4n) is 6.22. The Balaban J connectivity index is 1.70. The van der Waals surface area contributed by atoms with Gasteiger partial charge >= 0.3 is 0 Å². The third-order valence-electron chi connectivity index (χ3n) is 8.61. The zero-order valence-electron chi connectivity index (χ0n) is 28.0. The minimum atomic E-state index is -4.16. The van der Waals surface area contributed by atoms with Crippen molar-refractivity contribution in [1.29, 1.82) is 0 Å². The number of nitrogens with one attached hydrogen (secondary N) is 1. The van der Waals surface area contributed by atoms with Crippen molar-refractivity contribution in [3.05, 3.63) is 105 Å². The molecule has 4 aromatic rings. The SMILES string of the molecule is Cc1cc(C)c(S(=O)(=O)N(CCO)CCO)c(C)c1Nc1cc(Oc2ccc(C(C)(C)C)cc2)c(N)c2c1C(=O)c1ccccc1C2=O. The number of nitrogen functional groups attached to an aromatic ring is 1. The van der Waals surface area contributed by atoms with Gasteiger partial charge in [0.2, 0.25) is 10.0 Å². The average molecular weight is 672 g/mol. The van der Waals surface area contributed by atoms with Gasteiger partial charge in [-0.3, -0.25) is 9.59 Å². The number of aliphatic hydroxyl groups is 2. The van der Waals surface area contributed by atoms with Gasteiger partial charge in [-0.1, -0.05) is 63.2 Å². The van der Waals surface area contributed by atoms with Crippen LogP contribution in [0.1, 0.15) is 74.9 Å². The number of hydrogen-bond donors (Lipinski definition) is 4. The molecule has 0 unspecified atom stereocenters. The fraction of sp³-hybridized carbons (Fsp3) is 0.297. The number of carbonyl (C=O) groups is 2. The second kappa shape index (κ2) is 13.2. The number of nitrogens with two attached hydrogens (primary N) is 1.